The second-order valence-corrected chi connectivity index (χ2v) is 5.86. The predicted molar refractivity (Wildman–Crippen MR) is 83.3 cm³/mol. The van der Waals surface area contributed by atoms with Gasteiger partial charge in [0.2, 0.25) is 11.8 Å². The molecule has 21 heavy (non-hydrogen) atoms. The molecule has 0 aliphatic carbocycles. The summed E-state index contributed by atoms with van der Waals surface area (Å²) in [7, 11) is 0. The quantitative estimate of drug-likeness (QED) is 0.479. The Balaban J connectivity index is 1.91. The summed E-state index contributed by atoms with van der Waals surface area (Å²) < 4.78 is 0. The number of benzene rings is 1. The third-order valence-electron chi connectivity index (χ3n) is 2.62. The molecule has 8 heteroatoms. The van der Waals surface area contributed by atoms with Crippen molar-refractivity contribution in [3.8, 4) is 0 Å². The van der Waals surface area contributed by atoms with Crippen LogP contribution in [-0.2, 0) is 0 Å². The van der Waals surface area contributed by atoms with Crippen molar-refractivity contribution in [2.45, 2.75) is 17.1 Å². The van der Waals surface area contributed by atoms with Gasteiger partial charge in [-0.3, -0.25) is 10.1 Å². The fraction of sp³-hybridized carbons (Fsp3) is 0.231. The summed E-state index contributed by atoms with van der Waals surface area (Å²) in [6, 6.07) is 10.0. The molecule has 1 heterocycles. The minimum absolute atomic E-state index is 0.138. The van der Waals surface area contributed by atoms with Crippen LogP contribution in [0.3, 0.4) is 0 Å². The minimum Gasteiger partial charge on any atom is -0.378 e. The molecule has 0 fully saturated rings. The van der Waals surface area contributed by atoms with Gasteiger partial charge in [-0.25, -0.2) is 4.98 Å². The van der Waals surface area contributed by atoms with Crippen LogP contribution in [0.2, 0.25) is 0 Å². The molecular formula is C13H15N5O2S. The number of nitrogen functional groups attached to an aromatic ring is 1. The molecule has 0 saturated carbocycles. The Hall–Kier alpha value is -2.35. The Labute approximate surface area is 126 Å². The molecule has 0 aliphatic heterocycles. The third-order valence-corrected chi connectivity index (χ3v) is 3.74. The number of nitrogens with zero attached hydrogens (tertiary/aromatic N) is 3. The Morgan fingerprint density at radius 2 is 2.14 bits per heavy atom. The zero-order valence-electron chi connectivity index (χ0n) is 11.4. The summed E-state index contributed by atoms with van der Waals surface area (Å²) in [6.07, 6.45) is 1.11. The standard InChI is InChI=1S/C13H15N5O2S/c1-9(21-10-5-3-2-4-6-10)7-15-13-16-8-11(18(19)20)12(14)17-13/h2-6,8-9H,7H2,1H3,(H3,14,15,16,17). The SMILES string of the molecule is CC(CNc1ncc([N+](=O)[O-])c(N)n1)Sc1ccccc1. The first-order valence-electron chi connectivity index (χ1n) is 6.28. The Morgan fingerprint density at radius 1 is 1.43 bits per heavy atom. The van der Waals surface area contributed by atoms with Crippen molar-refractivity contribution < 1.29 is 4.92 Å². The van der Waals surface area contributed by atoms with Gasteiger partial charge in [0.1, 0.15) is 6.20 Å². The molecule has 110 valence electrons. The van der Waals surface area contributed by atoms with E-state index in [2.05, 4.69) is 22.2 Å². The second kappa shape index (κ2) is 6.89. The third kappa shape index (κ3) is 4.32. The van der Waals surface area contributed by atoms with Crippen molar-refractivity contribution in [2.75, 3.05) is 17.6 Å². The lowest BCUT2D eigenvalue weighted by Crippen LogP contribution is -2.15. The minimum atomic E-state index is -0.604. The molecule has 0 spiro atoms. The molecular weight excluding hydrogens is 290 g/mol. The second-order valence-electron chi connectivity index (χ2n) is 4.34. The lowest BCUT2D eigenvalue weighted by atomic mass is 10.4. The summed E-state index contributed by atoms with van der Waals surface area (Å²) in [6.45, 7) is 2.69. The normalized spacial score (nSPS) is 11.9. The molecule has 0 bridgehead atoms. The fourth-order valence-electron chi connectivity index (χ4n) is 1.62. The van der Waals surface area contributed by atoms with E-state index < -0.39 is 4.92 Å². The fourth-order valence-corrected chi connectivity index (χ4v) is 2.57. The first-order valence-corrected chi connectivity index (χ1v) is 7.16. The predicted octanol–water partition coefficient (Wildman–Crippen LogP) is 2.56. The van der Waals surface area contributed by atoms with E-state index in [9.17, 15) is 10.1 Å². The van der Waals surface area contributed by atoms with Crippen LogP contribution in [0.25, 0.3) is 0 Å². The van der Waals surface area contributed by atoms with Gasteiger partial charge in [0.25, 0.3) is 0 Å². The highest BCUT2D eigenvalue weighted by molar-refractivity contribution is 8.00. The molecule has 3 N–H and O–H groups in total. The van der Waals surface area contributed by atoms with Crippen LogP contribution in [0, 0.1) is 10.1 Å². The zero-order chi connectivity index (χ0) is 15.2. The molecule has 0 amide bonds. The van der Waals surface area contributed by atoms with E-state index in [0.717, 1.165) is 6.20 Å². The first kappa shape index (κ1) is 15.0. The summed E-state index contributed by atoms with van der Waals surface area (Å²) in [5, 5.41) is 13.9. The molecule has 2 rings (SSSR count). The number of nitrogens with one attached hydrogen (secondary N) is 1. The van der Waals surface area contributed by atoms with E-state index in [1.165, 1.54) is 4.90 Å². The van der Waals surface area contributed by atoms with E-state index in [1.807, 2.05) is 30.3 Å². The van der Waals surface area contributed by atoms with Crippen LogP contribution in [0.4, 0.5) is 17.5 Å². The Morgan fingerprint density at radius 3 is 2.76 bits per heavy atom. The van der Waals surface area contributed by atoms with E-state index in [0.29, 0.717) is 12.5 Å². The van der Waals surface area contributed by atoms with Crippen LogP contribution in [0.5, 0.6) is 0 Å². The first-order chi connectivity index (χ1) is 10.1. The lowest BCUT2D eigenvalue weighted by Gasteiger charge is -2.12. The van der Waals surface area contributed by atoms with Crippen LogP contribution >= 0.6 is 11.8 Å². The summed E-state index contributed by atoms with van der Waals surface area (Å²) in [4.78, 5) is 19.0. The van der Waals surface area contributed by atoms with Crippen LogP contribution < -0.4 is 11.1 Å². The van der Waals surface area contributed by atoms with E-state index >= 15 is 0 Å². The molecule has 0 saturated heterocycles. The number of hydrogen-bond acceptors (Lipinski definition) is 7. The Kier molecular flexibility index (Phi) is 4.94. The number of nitrogens with two attached hydrogens (primary N) is 1. The Bertz CT molecular complexity index is 623. The highest BCUT2D eigenvalue weighted by atomic mass is 32.2. The van der Waals surface area contributed by atoms with Crippen molar-refractivity contribution in [1.29, 1.82) is 0 Å². The lowest BCUT2D eigenvalue weighted by molar-refractivity contribution is -0.384. The van der Waals surface area contributed by atoms with Gasteiger partial charge >= 0.3 is 5.69 Å². The number of anilines is 2. The number of hydrogen-bond donors (Lipinski definition) is 2. The van der Waals surface area contributed by atoms with E-state index in [1.54, 1.807) is 11.8 Å². The van der Waals surface area contributed by atoms with Gasteiger partial charge in [0.15, 0.2) is 0 Å². The molecule has 1 aromatic heterocycles. The van der Waals surface area contributed by atoms with Gasteiger partial charge in [-0.15, -0.1) is 11.8 Å². The van der Waals surface area contributed by atoms with Crippen LogP contribution in [0.1, 0.15) is 6.92 Å². The molecule has 0 aliphatic rings. The van der Waals surface area contributed by atoms with Crippen LogP contribution in [-0.4, -0.2) is 26.7 Å². The van der Waals surface area contributed by atoms with Crippen LogP contribution in [0.15, 0.2) is 41.4 Å². The molecule has 1 atom stereocenters. The summed E-state index contributed by atoms with van der Waals surface area (Å²) >= 11 is 1.72. The van der Waals surface area contributed by atoms with Gasteiger partial charge in [-0.05, 0) is 12.1 Å². The summed E-state index contributed by atoms with van der Waals surface area (Å²) in [5.74, 6) is 0.152. The smallest absolute Gasteiger partial charge is 0.329 e. The van der Waals surface area contributed by atoms with Crippen molar-refractivity contribution in [2.24, 2.45) is 0 Å². The average Bonchev–Trinajstić information content (AvgIpc) is 2.46. The maximum Gasteiger partial charge on any atom is 0.329 e. The molecule has 0 radical (unpaired) electrons. The van der Waals surface area contributed by atoms with Gasteiger partial charge in [-0.2, -0.15) is 4.98 Å². The largest absolute Gasteiger partial charge is 0.378 e. The molecule has 7 nitrogen and oxygen atoms in total. The summed E-state index contributed by atoms with van der Waals surface area (Å²) in [5.41, 5.74) is 5.23. The zero-order valence-corrected chi connectivity index (χ0v) is 12.2. The maximum atomic E-state index is 10.6. The highest BCUT2D eigenvalue weighted by Gasteiger charge is 2.14. The van der Waals surface area contributed by atoms with Gasteiger partial charge < -0.3 is 11.1 Å². The van der Waals surface area contributed by atoms with E-state index in [4.69, 9.17) is 5.73 Å². The molecule has 1 aromatic carbocycles. The molecule has 1 unspecified atom stereocenters. The maximum absolute atomic E-state index is 10.6. The van der Waals surface area contributed by atoms with Gasteiger partial charge in [0.05, 0.1) is 4.92 Å². The van der Waals surface area contributed by atoms with Crippen molar-refractivity contribution in [3.63, 3.8) is 0 Å². The molecule has 2 aromatic rings. The topological polar surface area (TPSA) is 107 Å². The van der Waals surface area contributed by atoms with E-state index in [-0.39, 0.29) is 16.8 Å². The average molecular weight is 305 g/mol. The van der Waals surface area contributed by atoms with Gasteiger partial charge in [-0.1, -0.05) is 25.1 Å². The monoisotopic (exact) mass is 305 g/mol. The van der Waals surface area contributed by atoms with Crippen molar-refractivity contribution >= 4 is 29.2 Å². The van der Waals surface area contributed by atoms with Crippen molar-refractivity contribution in [1.82, 2.24) is 9.97 Å². The number of thioether (sulfide) groups is 1. The number of rotatable bonds is 6. The highest BCUT2D eigenvalue weighted by Crippen LogP contribution is 2.23. The number of aromatic nitrogens is 2. The van der Waals surface area contributed by atoms with Crippen molar-refractivity contribution in [3.05, 3.63) is 46.6 Å². The van der Waals surface area contributed by atoms with Gasteiger partial charge in [0, 0.05) is 16.7 Å². The number of nitro groups is 1.